The third-order valence-corrected chi connectivity index (χ3v) is 8.02. The van der Waals surface area contributed by atoms with Crippen molar-refractivity contribution in [1.29, 1.82) is 0 Å². The van der Waals surface area contributed by atoms with Crippen molar-refractivity contribution in [2.45, 2.75) is 26.8 Å². The predicted octanol–water partition coefficient (Wildman–Crippen LogP) is 4.77. The number of aromatic amines is 1. The largest absolute Gasteiger partial charge is 0.358 e. The molecule has 0 aliphatic carbocycles. The number of hydrogen-bond donors (Lipinski definition) is 3. The molecule has 3 N–H and O–H groups in total. The second-order valence-corrected chi connectivity index (χ2v) is 11.2. The number of amides is 3. The lowest BCUT2D eigenvalue weighted by atomic mass is 10.0. The highest BCUT2D eigenvalue weighted by Gasteiger charge is 2.28. The van der Waals surface area contributed by atoms with E-state index in [0.29, 0.717) is 46.7 Å². The van der Waals surface area contributed by atoms with E-state index < -0.39 is 0 Å². The molecule has 2 aromatic carbocycles. The first kappa shape index (κ1) is 26.9. The van der Waals surface area contributed by atoms with E-state index in [1.54, 1.807) is 24.3 Å². The van der Waals surface area contributed by atoms with Gasteiger partial charge in [-0.15, -0.1) is 0 Å². The third-order valence-electron chi connectivity index (χ3n) is 7.53. The number of carbonyl (C=O) groups excluding carboxylic acids is 3. The van der Waals surface area contributed by atoms with Crippen molar-refractivity contribution >= 4 is 51.0 Å². The van der Waals surface area contributed by atoms with Gasteiger partial charge in [-0.2, -0.15) is 0 Å². The maximum Gasteiger partial charge on any atom is 0.256 e. The predicted molar refractivity (Wildman–Crippen MR) is 157 cm³/mol. The van der Waals surface area contributed by atoms with Crippen LogP contribution in [0.4, 0.5) is 5.69 Å². The topological polar surface area (TPSA) is 97.5 Å². The fourth-order valence-corrected chi connectivity index (χ4v) is 5.58. The zero-order valence-electron chi connectivity index (χ0n) is 22.5. The Hall–Kier alpha value is -3.69. The van der Waals surface area contributed by atoms with Crippen LogP contribution in [0.15, 0.2) is 46.9 Å². The molecule has 0 saturated carbocycles. The zero-order valence-corrected chi connectivity index (χ0v) is 24.1. The summed E-state index contributed by atoms with van der Waals surface area (Å²) in [5.41, 5.74) is 6.14. The first-order valence-corrected chi connectivity index (χ1v) is 13.8. The Morgan fingerprint density at radius 2 is 1.82 bits per heavy atom. The van der Waals surface area contributed by atoms with E-state index in [-0.39, 0.29) is 23.8 Å². The van der Waals surface area contributed by atoms with Gasteiger partial charge < -0.3 is 25.4 Å². The van der Waals surface area contributed by atoms with Crippen LogP contribution in [0, 0.1) is 13.8 Å². The Morgan fingerprint density at radius 1 is 1.08 bits per heavy atom. The summed E-state index contributed by atoms with van der Waals surface area (Å²) in [6, 6.07) is 12.8. The molecule has 8 nitrogen and oxygen atoms in total. The molecule has 2 aliphatic rings. The van der Waals surface area contributed by atoms with Crippen LogP contribution in [-0.4, -0.2) is 65.7 Å². The van der Waals surface area contributed by atoms with Crippen molar-refractivity contribution in [1.82, 2.24) is 20.1 Å². The number of aromatic nitrogens is 1. The molecular formula is C30H32BrN5O3. The van der Waals surface area contributed by atoms with Crippen LogP contribution in [-0.2, 0) is 4.79 Å². The maximum atomic E-state index is 13.3. The second-order valence-electron chi connectivity index (χ2n) is 10.3. The van der Waals surface area contributed by atoms with Gasteiger partial charge in [-0.25, -0.2) is 0 Å². The highest BCUT2D eigenvalue weighted by atomic mass is 79.9. The van der Waals surface area contributed by atoms with Gasteiger partial charge in [0.05, 0.1) is 17.2 Å². The Balaban J connectivity index is 1.41. The number of carbonyl (C=O) groups is 3. The third kappa shape index (κ3) is 5.42. The number of aryl methyl sites for hydroxylation is 1. The van der Waals surface area contributed by atoms with E-state index in [1.165, 1.54) is 0 Å². The normalized spacial score (nSPS) is 17.2. The summed E-state index contributed by atoms with van der Waals surface area (Å²) in [7, 11) is 2.06. The van der Waals surface area contributed by atoms with Gasteiger partial charge in [-0.1, -0.05) is 28.1 Å². The Morgan fingerprint density at radius 3 is 2.54 bits per heavy atom. The number of benzene rings is 2. The molecule has 3 heterocycles. The molecule has 9 heteroatoms. The van der Waals surface area contributed by atoms with E-state index in [4.69, 9.17) is 0 Å². The average molecular weight is 591 g/mol. The van der Waals surface area contributed by atoms with Crippen molar-refractivity contribution in [2.75, 3.05) is 38.5 Å². The molecule has 202 valence electrons. The van der Waals surface area contributed by atoms with Gasteiger partial charge in [0.2, 0.25) is 0 Å². The van der Waals surface area contributed by atoms with Gasteiger partial charge in [0, 0.05) is 58.9 Å². The van der Waals surface area contributed by atoms with E-state index in [0.717, 1.165) is 34.4 Å². The Kier molecular flexibility index (Phi) is 7.46. The van der Waals surface area contributed by atoms with Crippen molar-refractivity contribution in [2.24, 2.45) is 0 Å². The molecule has 1 aromatic heterocycles. The van der Waals surface area contributed by atoms with Gasteiger partial charge in [0.25, 0.3) is 17.7 Å². The quantitative estimate of drug-likeness (QED) is 0.374. The first-order valence-electron chi connectivity index (χ1n) is 13.0. The van der Waals surface area contributed by atoms with Crippen LogP contribution in [0.25, 0.3) is 11.6 Å². The van der Waals surface area contributed by atoms with Crippen molar-refractivity contribution in [3.05, 3.63) is 86.1 Å². The van der Waals surface area contributed by atoms with Crippen LogP contribution >= 0.6 is 15.9 Å². The van der Waals surface area contributed by atoms with E-state index in [9.17, 15) is 14.4 Å². The number of hydrogen-bond acceptors (Lipinski definition) is 4. The summed E-state index contributed by atoms with van der Waals surface area (Å²) >= 11 is 3.47. The van der Waals surface area contributed by atoms with Gasteiger partial charge in [0.15, 0.2) is 0 Å². The lowest BCUT2D eigenvalue weighted by molar-refractivity contribution is -0.110. The summed E-state index contributed by atoms with van der Waals surface area (Å²) in [5, 5.41) is 5.93. The monoisotopic (exact) mass is 589 g/mol. The maximum absolute atomic E-state index is 13.3. The van der Waals surface area contributed by atoms with Crippen molar-refractivity contribution in [3.63, 3.8) is 0 Å². The summed E-state index contributed by atoms with van der Waals surface area (Å²) in [5.74, 6) is -0.464. The summed E-state index contributed by atoms with van der Waals surface area (Å²) in [6.07, 6.45) is 1.77. The molecule has 3 aromatic rings. The summed E-state index contributed by atoms with van der Waals surface area (Å²) < 4.78 is 0.946. The minimum atomic E-state index is -0.247. The molecule has 1 atom stereocenters. The summed E-state index contributed by atoms with van der Waals surface area (Å²) in [6.45, 7) is 8.80. The van der Waals surface area contributed by atoms with E-state index in [2.05, 4.69) is 43.5 Å². The number of fused-ring (bicyclic) bond motifs is 1. The highest BCUT2D eigenvalue weighted by Crippen LogP contribution is 2.35. The fourth-order valence-electron chi connectivity index (χ4n) is 5.16. The lowest BCUT2D eigenvalue weighted by Crippen LogP contribution is -2.47. The van der Waals surface area contributed by atoms with Crippen LogP contribution in [0.5, 0.6) is 0 Å². The molecule has 5 rings (SSSR count). The number of rotatable bonds is 5. The minimum Gasteiger partial charge on any atom is -0.358 e. The molecule has 0 unspecified atom stereocenters. The van der Waals surface area contributed by atoms with Crippen LogP contribution in [0.1, 0.15) is 61.8 Å². The minimum absolute atomic E-state index is 0.00814. The van der Waals surface area contributed by atoms with Crippen molar-refractivity contribution in [3.8, 4) is 0 Å². The Labute approximate surface area is 236 Å². The van der Waals surface area contributed by atoms with Gasteiger partial charge >= 0.3 is 0 Å². The van der Waals surface area contributed by atoms with E-state index >= 15 is 0 Å². The van der Waals surface area contributed by atoms with Crippen LogP contribution in [0.3, 0.4) is 0 Å². The molecule has 0 spiro atoms. The molecule has 1 saturated heterocycles. The molecule has 1 fully saturated rings. The standard InChI is InChI=1S/C30H32BrN5O3/c1-17-26(32-19(3)27(17)30(39)36-12-10-35(4)11-13-36)16-24-23-15-21(8-9-25(23)34-29(24)38)28(37)33-18(2)20-6-5-7-22(31)14-20/h5-9,14-16,18,32H,10-13H2,1-4H3,(H,33,37)(H,34,38)/b24-16-/t18-/m0/s1. The molecule has 0 radical (unpaired) electrons. The van der Waals surface area contributed by atoms with Crippen molar-refractivity contribution < 1.29 is 14.4 Å². The van der Waals surface area contributed by atoms with Crippen LogP contribution in [0.2, 0.25) is 0 Å². The lowest BCUT2D eigenvalue weighted by Gasteiger charge is -2.32. The average Bonchev–Trinajstić information content (AvgIpc) is 3.37. The second kappa shape index (κ2) is 10.8. The smallest absolute Gasteiger partial charge is 0.256 e. The number of anilines is 1. The van der Waals surface area contributed by atoms with Gasteiger partial charge in [-0.05, 0) is 75.4 Å². The number of H-pyrrole nitrogens is 1. The molecule has 0 bridgehead atoms. The molecule has 39 heavy (non-hydrogen) atoms. The summed E-state index contributed by atoms with van der Waals surface area (Å²) in [4.78, 5) is 46.8. The number of nitrogens with zero attached hydrogens (tertiary/aromatic N) is 2. The van der Waals surface area contributed by atoms with Gasteiger partial charge in [0.1, 0.15) is 0 Å². The number of piperazine rings is 1. The van der Waals surface area contributed by atoms with E-state index in [1.807, 2.05) is 49.9 Å². The molecule has 2 aliphatic heterocycles. The van der Waals surface area contributed by atoms with Crippen LogP contribution < -0.4 is 10.6 Å². The SMILES string of the molecule is Cc1[nH]c(/C=C2\C(=O)Nc3ccc(C(=O)N[C@@H](C)c4cccc(Br)c4)cc32)c(C)c1C(=O)N1CCN(C)CC1. The Bertz CT molecular complexity index is 1500. The fraction of sp³-hybridized carbons (Fsp3) is 0.300. The first-order chi connectivity index (χ1) is 18.6. The van der Waals surface area contributed by atoms with Gasteiger partial charge in [-0.3, -0.25) is 14.4 Å². The highest BCUT2D eigenvalue weighted by molar-refractivity contribution is 9.10. The molecule has 3 amide bonds. The molecular weight excluding hydrogens is 558 g/mol. The zero-order chi connectivity index (χ0) is 27.8. The number of nitrogens with one attached hydrogen (secondary N) is 3. The number of likely N-dealkylation sites (N-methyl/N-ethyl adjacent to an activating group) is 1. The number of halogens is 1.